The molecule has 5 rings (SSSR count). The summed E-state index contributed by atoms with van der Waals surface area (Å²) in [7, 11) is 0. The van der Waals surface area contributed by atoms with Gasteiger partial charge in [-0.25, -0.2) is 0 Å². The van der Waals surface area contributed by atoms with E-state index in [1.54, 1.807) is 4.90 Å². The fraction of sp³-hybridized carbons (Fsp3) is 0.524. The van der Waals surface area contributed by atoms with Crippen molar-refractivity contribution in [3.05, 3.63) is 30.3 Å². The van der Waals surface area contributed by atoms with E-state index in [0.29, 0.717) is 18.1 Å². The van der Waals surface area contributed by atoms with Gasteiger partial charge in [0.2, 0.25) is 22.1 Å². The predicted octanol–water partition coefficient (Wildman–Crippen LogP) is 1.98. The van der Waals surface area contributed by atoms with E-state index in [1.165, 1.54) is 17.0 Å². The molecule has 1 atom stereocenters. The number of rotatable bonds is 4. The van der Waals surface area contributed by atoms with E-state index in [1.807, 2.05) is 11.0 Å². The van der Waals surface area contributed by atoms with Crippen LogP contribution in [0.15, 0.2) is 30.3 Å². The summed E-state index contributed by atoms with van der Waals surface area (Å²) in [6, 6.07) is 10.2. The summed E-state index contributed by atoms with van der Waals surface area (Å²) < 4.78 is 0. The number of aromatic nitrogens is 2. The average Bonchev–Trinajstić information content (AvgIpc) is 3.54. The lowest BCUT2D eigenvalue weighted by molar-refractivity contribution is -0.132. The van der Waals surface area contributed by atoms with Crippen molar-refractivity contribution in [2.75, 3.05) is 54.0 Å². The minimum atomic E-state index is -0.177. The molecule has 3 aliphatic heterocycles. The molecule has 0 bridgehead atoms. The second kappa shape index (κ2) is 8.22. The summed E-state index contributed by atoms with van der Waals surface area (Å²) in [5.41, 5.74) is 1.21. The van der Waals surface area contributed by atoms with Crippen LogP contribution >= 0.6 is 11.3 Å². The summed E-state index contributed by atoms with van der Waals surface area (Å²) in [6.45, 7) is 4.69. The molecule has 2 amide bonds. The van der Waals surface area contributed by atoms with E-state index < -0.39 is 0 Å². The first-order valence-corrected chi connectivity index (χ1v) is 11.5. The molecule has 0 spiro atoms. The molecular formula is C21H26N6O2S. The average molecular weight is 427 g/mol. The number of benzene rings is 1. The predicted molar refractivity (Wildman–Crippen MR) is 117 cm³/mol. The lowest BCUT2D eigenvalue weighted by atomic mass is 10.1. The number of para-hydroxylation sites is 1. The van der Waals surface area contributed by atoms with Gasteiger partial charge in [0.15, 0.2) is 0 Å². The summed E-state index contributed by atoms with van der Waals surface area (Å²) in [4.78, 5) is 33.4. The van der Waals surface area contributed by atoms with Crippen molar-refractivity contribution in [2.24, 2.45) is 0 Å². The Morgan fingerprint density at radius 1 is 0.933 bits per heavy atom. The van der Waals surface area contributed by atoms with Gasteiger partial charge < -0.3 is 14.7 Å². The molecule has 3 saturated heterocycles. The Morgan fingerprint density at radius 2 is 1.70 bits per heavy atom. The fourth-order valence-electron chi connectivity index (χ4n) is 4.57. The molecule has 0 saturated carbocycles. The molecule has 158 valence electrons. The van der Waals surface area contributed by atoms with Crippen molar-refractivity contribution in [3.63, 3.8) is 0 Å². The van der Waals surface area contributed by atoms with Gasteiger partial charge in [0.25, 0.3) is 0 Å². The van der Waals surface area contributed by atoms with Gasteiger partial charge in [-0.3, -0.25) is 14.5 Å². The van der Waals surface area contributed by atoms with Crippen LogP contribution in [0.4, 0.5) is 16.0 Å². The molecule has 9 heteroatoms. The molecule has 2 aromatic rings. The second-order valence-corrected chi connectivity index (χ2v) is 8.95. The van der Waals surface area contributed by atoms with Crippen molar-refractivity contribution in [3.8, 4) is 0 Å². The van der Waals surface area contributed by atoms with E-state index in [9.17, 15) is 9.59 Å². The van der Waals surface area contributed by atoms with Crippen molar-refractivity contribution >= 4 is 39.1 Å². The molecular weight excluding hydrogens is 400 g/mol. The summed E-state index contributed by atoms with van der Waals surface area (Å²) in [5, 5.41) is 9.98. The SMILES string of the molecule is O=C([C@H]1CCCN1c1nnc(N2CCCC2=O)s1)N1CCN(c2ccccc2)CC1. The van der Waals surface area contributed by atoms with Gasteiger partial charge in [-0.05, 0) is 31.4 Å². The second-order valence-electron chi connectivity index (χ2n) is 8.02. The molecule has 4 heterocycles. The van der Waals surface area contributed by atoms with E-state index >= 15 is 0 Å². The van der Waals surface area contributed by atoms with E-state index in [0.717, 1.165) is 57.1 Å². The highest BCUT2D eigenvalue weighted by Gasteiger charge is 2.37. The van der Waals surface area contributed by atoms with Crippen LogP contribution in [0.25, 0.3) is 0 Å². The first-order chi connectivity index (χ1) is 14.7. The largest absolute Gasteiger partial charge is 0.368 e. The van der Waals surface area contributed by atoms with Crippen LogP contribution in [-0.2, 0) is 9.59 Å². The summed E-state index contributed by atoms with van der Waals surface area (Å²) in [6.07, 6.45) is 3.26. The van der Waals surface area contributed by atoms with Crippen LogP contribution in [0.3, 0.4) is 0 Å². The van der Waals surface area contributed by atoms with Crippen molar-refractivity contribution in [1.29, 1.82) is 0 Å². The zero-order valence-electron chi connectivity index (χ0n) is 16.9. The lowest BCUT2D eigenvalue weighted by Crippen LogP contribution is -2.53. The first-order valence-electron chi connectivity index (χ1n) is 10.7. The molecule has 1 aromatic carbocycles. The van der Waals surface area contributed by atoms with E-state index in [-0.39, 0.29) is 17.9 Å². The van der Waals surface area contributed by atoms with Crippen molar-refractivity contribution in [1.82, 2.24) is 15.1 Å². The molecule has 3 fully saturated rings. The third-order valence-corrected chi connectivity index (χ3v) is 7.19. The fourth-order valence-corrected chi connectivity index (χ4v) is 5.54. The number of nitrogens with zero attached hydrogens (tertiary/aromatic N) is 6. The lowest BCUT2D eigenvalue weighted by Gasteiger charge is -2.38. The van der Waals surface area contributed by atoms with Gasteiger partial charge in [0, 0.05) is 51.4 Å². The van der Waals surface area contributed by atoms with Gasteiger partial charge in [-0.15, -0.1) is 10.2 Å². The maximum Gasteiger partial charge on any atom is 0.245 e. The van der Waals surface area contributed by atoms with Crippen LogP contribution in [0.1, 0.15) is 25.7 Å². The van der Waals surface area contributed by atoms with Crippen molar-refractivity contribution in [2.45, 2.75) is 31.7 Å². The highest BCUT2D eigenvalue weighted by molar-refractivity contribution is 7.19. The smallest absolute Gasteiger partial charge is 0.245 e. The quantitative estimate of drug-likeness (QED) is 0.745. The normalized spacial score (nSPS) is 22.3. The minimum Gasteiger partial charge on any atom is -0.368 e. The summed E-state index contributed by atoms with van der Waals surface area (Å²) in [5.74, 6) is 0.303. The molecule has 1 aromatic heterocycles. The van der Waals surface area contributed by atoms with E-state index in [2.05, 4.69) is 44.3 Å². The monoisotopic (exact) mass is 426 g/mol. The molecule has 0 aliphatic carbocycles. The number of hydrogen-bond donors (Lipinski definition) is 0. The van der Waals surface area contributed by atoms with Crippen LogP contribution in [0, 0.1) is 0 Å². The van der Waals surface area contributed by atoms with Gasteiger partial charge >= 0.3 is 0 Å². The zero-order valence-corrected chi connectivity index (χ0v) is 17.8. The number of carbonyl (C=O) groups is 2. The minimum absolute atomic E-state index is 0.114. The maximum absolute atomic E-state index is 13.3. The van der Waals surface area contributed by atoms with Crippen LogP contribution in [-0.4, -0.2) is 72.2 Å². The highest BCUT2D eigenvalue weighted by atomic mass is 32.1. The van der Waals surface area contributed by atoms with Crippen LogP contribution in [0.2, 0.25) is 0 Å². The van der Waals surface area contributed by atoms with Gasteiger partial charge in [0.05, 0.1) is 0 Å². The van der Waals surface area contributed by atoms with E-state index in [4.69, 9.17) is 0 Å². The van der Waals surface area contributed by atoms with Crippen molar-refractivity contribution < 1.29 is 9.59 Å². The molecule has 0 unspecified atom stereocenters. The molecule has 0 N–H and O–H groups in total. The Bertz CT molecular complexity index is 911. The van der Waals surface area contributed by atoms with Gasteiger partial charge in [-0.2, -0.15) is 0 Å². The molecule has 0 radical (unpaired) electrons. The Morgan fingerprint density at radius 3 is 2.43 bits per heavy atom. The Labute approximate surface area is 180 Å². The van der Waals surface area contributed by atoms with Crippen LogP contribution < -0.4 is 14.7 Å². The number of hydrogen-bond acceptors (Lipinski definition) is 7. The zero-order chi connectivity index (χ0) is 20.5. The highest BCUT2D eigenvalue weighted by Crippen LogP contribution is 2.34. The Hall–Kier alpha value is -2.68. The molecule has 30 heavy (non-hydrogen) atoms. The number of anilines is 3. The van der Waals surface area contributed by atoms with Gasteiger partial charge in [0.1, 0.15) is 6.04 Å². The Kier molecular flexibility index (Phi) is 5.28. The third kappa shape index (κ3) is 3.62. The standard InChI is InChI=1S/C21H26N6O2S/c28-18-9-5-11-27(18)21-23-22-20(30-21)26-10-4-8-17(26)19(29)25-14-12-24(13-15-25)16-6-2-1-3-7-16/h1-3,6-7,17H,4-5,8-15H2/t17-/m1/s1. The molecule has 8 nitrogen and oxygen atoms in total. The number of amides is 2. The number of piperazine rings is 1. The Balaban J connectivity index is 1.24. The van der Waals surface area contributed by atoms with Crippen LogP contribution in [0.5, 0.6) is 0 Å². The first kappa shape index (κ1) is 19.3. The topological polar surface area (TPSA) is 72.9 Å². The molecule has 3 aliphatic rings. The number of carbonyl (C=O) groups excluding carboxylic acids is 2. The van der Waals surface area contributed by atoms with Gasteiger partial charge in [-0.1, -0.05) is 29.5 Å². The summed E-state index contributed by atoms with van der Waals surface area (Å²) >= 11 is 1.43. The maximum atomic E-state index is 13.3. The third-order valence-electron chi connectivity index (χ3n) is 6.20.